The molecule has 0 radical (unpaired) electrons. The SMILES string of the molecule is C[C@@H]1C[C@@H]1C(=O)OCC(=O)N1c2ccccc2NC(=O)C[C@H]1C(F)(F)F. The molecule has 3 atom stereocenters. The van der Waals surface area contributed by atoms with Crippen molar-refractivity contribution in [1.82, 2.24) is 0 Å². The molecule has 140 valence electrons. The summed E-state index contributed by atoms with van der Waals surface area (Å²) in [6.45, 7) is 1.03. The molecule has 2 amide bonds. The third-order valence-corrected chi connectivity index (χ3v) is 4.52. The van der Waals surface area contributed by atoms with E-state index in [9.17, 15) is 27.6 Å². The molecule has 2 aliphatic rings. The molecule has 26 heavy (non-hydrogen) atoms. The Labute approximate surface area is 147 Å². The van der Waals surface area contributed by atoms with E-state index in [1.165, 1.54) is 24.3 Å². The molecular weight excluding hydrogens is 353 g/mol. The van der Waals surface area contributed by atoms with Gasteiger partial charge >= 0.3 is 12.1 Å². The monoisotopic (exact) mass is 370 g/mol. The van der Waals surface area contributed by atoms with Gasteiger partial charge in [-0.25, -0.2) is 0 Å². The smallest absolute Gasteiger partial charge is 0.409 e. The number of alkyl halides is 3. The molecule has 1 N–H and O–H groups in total. The molecule has 3 rings (SSSR count). The van der Waals surface area contributed by atoms with Gasteiger partial charge in [0.1, 0.15) is 6.04 Å². The van der Waals surface area contributed by atoms with Gasteiger partial charge in [0.05, 0.1) is 23.7 Å². The molecule has 0 spiro atoms. The van der Waals surface area contributed by atoms with Crippen molar-refractivity contribution in [1.29, 1.82) is 0 Å². The van der Waals surface area contributed by atoms with Gasteiger partial charge in [0, 0.05) is 0 Å². The summed E-state index contributed by atoms with van der Waals surface area (Å²) in [5.41, 5.74) is 0.0151. The van der Waals surface area contributed by atoms with Gasteiger partial charge in [0.25, 0.3) is 5.91 Å². The number of halogens is 3. The maximum Gasteiger partial charge on any atom is 0.409 e. The Kier molecular flexibility index (Phi) is 4.64. The third-order valence-electron chi connectivity index (χ3n) is 4.52. The van der Waals surface area contributed by atoms with Crippen molar-refractivity contribution in [3.63, 3.8) is 0 Å². The van der Waals surface area contributed by atoms with Crippen molar-refractivity contribution >= 4 is 29.2 Å². The van der Waals surface area contributed by atoms with Crippen molar-refractivity contribution in [2.75, 3.05) is 16.8 Å². The third kappa shape index (κ3) is 3.66. The van der Waals surface area contributed by atoms with Gasteiger partial charge in [-0.2, -0.15) is 13.2 Å². The first-order chi connectivity index (χ1) is 12.2. The highest BCUT2D eigenvalue weighted by Gasteiger charge is 2.49. The molecule has 0 saturated heterocycles. The summed E-state index contributed by atoms with van der Waals surface area (Å²) < 4.78 is 45.4. The molecule has 9 heteroatoms. The Morgan fingerprint density at radius 2 is 1.96 bits per heavy atom. The van der Waals surface area contributed by atoms with E-state index in [-0.39, 0.29) is 23.2 Å². The highest BCUT2D eigenvalue weighted by atomic mass is 19.4. The van der Waals surface area contributed by atoms with Gasteiger partial charge in [-0.15, -0.1) is 0 Å². The van der Waals surface area contributed by atoms with Crippen LogP contribution in [0, 0.1) is 11.8 Å². The fourth-order valence-corrected chi connectivity index (χ4v) is 2.96. The normalized spacial score (nSPS) is 25.0. The van der Waals surface area contributed by atoms with E-state index in [1.807, 2.05) is 6.92 Å². The number of anilines is 2. The average molecular weight is 370 g/mol. The van der Waals surface area contributed by atoms with Gasteiger partial charge in [-0.3, -0.25) is 19.3 Å². The van der Waals surface area contributed by atoms with Gasteiger partial charge in [0.2, 0.25) is 5.91 Å². The van der Waals surface area contributed by atoms with Crippen LogP contribution in [0.2, 0.25) is 0 Å². The maximum absolute atomic E-state index is 13.5. The van der Waals surface area contributed by atoms with Crippen LogP contribution in [0.5, 0.6) is 0 Å². The Morgan fingerprint density at radius 3 is 2.58 bits per heavy atom. The fraction of sp³-hybridized carbons (Fsp3) is 0.471. The zero-order valence-electron chi connectivity index (χ0n) is 13.9. The molecule has 1 aromatic rings. The van der Waals surface area contributed by atoms with E-state index < -0.39 is 43.0 Å². The first kappa shape index (κ1) is 18.2. The molecule has 1 heterocycles. The van der Waals surface area contributed by atoms with Gasteiger partial charge < -0.3 is 10.1 Å². The minimum atomic E-state index is -4.82. The van der Waals surface area contributed by atoms with Gasteiger partial charge in [-0.05, 0) is 24.5 Å². The second-order valence-electron chi connectivity index (χ2n) is 6.52. The molecule has 0 unspecified atom stereocenters. The van der Waals surface area contributed by atoms with Crippen molar-refractivity contribution in [2.24, 2.45) is 11.8 Å². The number of rotatable bonds is 3. The molecule has 1 aliphatic carbocycles. The molecule has 1 aromatic carbocycles. The van der Waals surface area contributed by atoms with E-state index in [1.54, 1.807) is 0 Å². The fourth-order valence-electron chi connectivity index (χ4n) is 2.96. The van der Waals surface area contributed by atoms with Gasteiger partial charge in [-0.1, -0.05) is 19.1 Å². The minimum absolute atomic E-state index is 0.0819. The minimum Gasteiger partial charge on any atom is -0.455 e. The van der Waals surface area contributed by atoms with Crippen LogP contribution in [0.3, 0.4) is 0 Å². The lowest BCUT2D eigenvalue weighted by molar-refractivity contribution is -0.160. The molecular formula is C17H17F3N2O4. The largest absolute Gasteiger partial charge is 0.455 e. The summed E-state index contributed by atoms with van der Waals surface area (Å²) in [5, 5.41) is 2.37. The highest BCUT2D eigenvalue weighted by Crippen LogP contribution is 2.39. The number of hydrogen-bond donors (Lipinski definition) is 1. The summed E-state index contributed by atoms with van der Waals surface area (Å²) in [7, 11) is 0. The van der Waals surface area contributed by atoms with Crippen molar-refractivity contribution in [2.45, 2.75) is 32.0 Å². The summed E-state index contributed by atoms with van der Waals surface area (Å²) >= 11 is 0. The van der Waals surface area contributed by atoms with Crippen molar-refractivity contribution in [3.8, 4) is 0 Å². The van der Waals surface area contributed by atoms with E-state index in [2.05, 4.69) is 5.32 Å². The number of nitrogens with one attached hydrogen (secondary N) is 1. The molecule has 6 nitrogen and oxygen atoms in total. The summed E-state index contributed by atoms with van der Waals surface area (Å²) in [6, 6.07) is 3.37. The molecule has 0 bridgehead atoms. The van der Waals surface area contributed by atoms with Crippen LogP contribution >= 0.6 is 0 Å². The van der Waals surface area contributed by atoms with Gasteiger partial charge in [0.15, 0.2) is 6.61 Å². The first-order valence-corrected chi connectivity index (χ1v) is 8.12. The predicted octanol–water partition coefficient (Wildman–Crippen LogP) is 2.49. The van der Waals surface area contributed by atoms with Crippen LogP contribution in [0.1, 0.15) is 19.8 Å². The average Bonchev–Trinajstić information content (AvgIpc) is 3.31. The van der Waals surface area contributed by atoms with E-state index in [0.29, 0.717) is 11.3 Å². The van der Waals surface area contributed by atoms with Crippen LogP contribution < -0.4 is 10.2 Å². The number of hydrogen-bond acceptors (Lipinski definition) is 4. The number of esters is 1. The van der Waals surface area contributed by atoms with Crippen molar-refractivity contribution < 1.29 is 32.3 Å². The number of nitrogens with zero attached hydrogens (tertiary/aromatic N) is 1. The molecule has 0 aromatic heterocycles. The van der Waals surface area contributed by atoms with E-state index >= 15 is 0 Å². The van der Waals surface area contributed by atoms with Crippen LogP contribution in [0.15, 0.2) is 24.3 Å². The van der Waals surface area contributed by atoms with Crippen LogP contribution in [0.4, 0.5) is 24.5 Å². The lowest BCUT2D eigenvalue weighted by Crippen LogP contribution is -2.51. The Morgan fingerprint density at radius 1 is 1.31 bits per heavy atom. The number of ether oxygens (including phenoxy) is 1. The molecule has 1 aliphatic heterocycles. The second-order valence-corrected chi connectivity index (χ2v) is 6.52. The Hall–Kier alpha value is -2.58. The van der Waals surface area contributed by atoms with Crippen LogP contribution in [-0.4, -0.2) is 36.6 Å². The summed E-state index contributed by atoms with van der Waals surface area (Å²) in [6.07, 6.45) is -5.11. The van der Waals surface area contributed by atoms with Crippen LogP contribution in [0.25, 0.3) is 0 Å². The number of carbonyl (C=O) groups excluding carboxylic acids is 3. The molecule has 1 saturated carbocycles. The number of para-hydroxylation sites is 2. The summed E-state index contributed by atoms with van der Waals surface area (Å²) in [5.74, 6) is -2.62. The lowest BCUT2D eigenvalue weighted by Gasteiger charge is -2.31. The predicted molar refractivity (Wildman–Crippen MR) is 85.2 cm³/mol. The maximum atomic E-state index is 13.5. The Balaban J connectivity index is 1.87. The van der Waals surface area contributed by atoms with Crippen LogP contribution in [-0.2, 0) is 19.1 Å². The number of carbonyl (C=O) groups is 3. The number of benzene rings is 1. The number of fused-ring (bicyclic) bond motifs is 1. The standard InChI is InChI=1S/C17H17F3N2O4/c1-9-6-10(9)16(25)26-8-15(24)22-12-5-3-2-4-11(12)21-14(23)7-13(22)17(18,19)20/h2-5,9-10,13H,6-8H2,1H3,(H,21,23)/t9-,10+,13+/m1/s1. The molecule has 1 fully saturated rings. The highest BCUT2D eigenvalue weighted by molar-refractivity contribution is 6.05. The Bertz CT molecular complexity index is 750. The quantitative estimate of drug-likeness (QED) is 0.830. The van der Waals surface area contributed by atoms with E-state index in [4.69, 9.17) is 4.74 Å². The zero-order valence-corrected chi connectivity index (χ0v) is 13.9. The first-order valence-electron chi connectivity index (χ1n) is 8.12. The zero-order chi connectivity index (χ0) is 19.1. The lowest BCUT2D eigenvalue weighted by atomic mass is 10.1. The van der Waals surface area contributed by atoms with E-state index in [0.717, 1.165) is 0 Å². The van der Waals surface area contributed by atoms with Crippen molar-refractivity contribution in [3.05, 3.63) is 24.3 Å². The second kappa shape index (κ2) is 6.62. The topological polar surface area (TPSA) is 75.7 Å². The summed E-state index contributed by atoms with van der Waals surface area (Å²) in [4.78, 5) is 36.6. The number of amides is 2.